The second-order valence-corrected chi connectivity index (χ2v) is 4.78. The summed E-state index contributed by atoms with van der Waals surface area (Å²) in [6.07, 6.45) is 0.992. The Bertz CT molecular complexity index is 191. The first-order valence-corrected chi connectivity index (χ1v) is 5.48. The minimum absolute atomic E-state index is 0.0721. The molecule has 0 atom stereocenters. The predicted octanol–water partition coefficient (Wildman–Crippen LogP) is 0.903. The van der Waals surface area contributed by atoms with Crippen LogP contribution in [0, 0.1) is 5.92 Å². The first-order valence-electron chi connectivity index (χ1n) is 5.48. The van der Waals surface area contributed by atoms with Crippen LogP contribution in [0.1, 0.15) is 34.1 Å². The van der Waals surface area contributed by atoms with E-state index in [2.05, 4.69) is 19.2 Å². The number of nitrogens with two attached hydrogens (primary N) is 1. The highest BCUT2D eigenvalue weighted by Gasteiger charge is 2.17. The summed E-state index contributed by atoms with van der Waals surface area (Å²) in [5, 5.41) is 2.81. The Balaban J connectivity index is 3.58. The summed E-state index contributed by atoms with van der Waals surface area (Å²) in [7, 11) is 0. The quantitative estimate of drug-likeness (QED) is 0.664. The van der Waals surface area contributed by atoms with Crippen molar-refractivity contribution in [1.29, 1.82) is 0 Å². The Labute approximate surface area is 92.6 Å². The van der Waals surface area contributed by atoms with Gasteiger partial charge in [-0.05, 0) is 26.2 Å². The van der Waals surface area contributed by atoms with Gasteiger partial charge in [0.25, 0.3) is 0 Å². The Morgan fingerprint density at radius 2 is 2.07 bits per heavy atom. The Kier molecular flexibility index (Phi) is 6.52. The number of carbonyl (C=O) groups excluding carboxylic acids is 1. The van der Waals surface area contributed by atoms with Crippen molar-refractivity contribution in [1.82, 2.24) is 5.32 Å². The Morgan fingerprint density at radius 1 is 1.47 bits per heavy atom. The van der Waals surface area contributed by atoms with Crippen LogP contribution in [-0.4, -0.2) is 31.2 Å². The van der Waals surface area contributed by atoms with Crippen molar-refractivity contribution in [2.75, 3.05) is 19.7 Å². The fraction of sp³-hybridized carbons (Fsp3) is 0.909. The lowest BCUT2D eigenvalue weighted by atomic mass is 10.1. The van der Waals surface area contributed by atoms with Crippen LogP contribution in [-0.2, 0) is 9.53 Å². The van der Waals surface area contributed by atoms with Gasteiger partial charge in [-0.1, -0.05) is 13.8 Å². The summed E-state index contributed by atoms with van der Waals surface area (Å²) >= 11 is 0. The van der Waals surface area contributed by atoms with Crippen molar-refractivity contribution >= 4 is 5.91 Å². The standard InChI is InChI=1S/C11H24N2O2/c1-9(2)5-6-13-10(14)7-15-11(3,4)8-12/h9H,5-8,12H2,1-4H3,(H,13,14). The van der Waals surface area contributed by atoms with Crippen LogP contribution in [0.5, 0.6) is 0 Å². The van der Waals surface area contributed by atoms with E-state index in [1.165, 1.54) is 0 Å². The molecule has 3 N–H and O–H groups in total. The van der Waals surface area contributed by atoms with Gasteiger partial charge in [0.2, 0.25) is 5.91 Å². The molecule has 0 bridgehead atoms. The topological polar surface area (TPSA) is 64.3 Å². The summed E-state index contributed by atoms with van der Waals surface area (Å²) < 4.78 is 5.36. The van der Waals surface area contributed by atoms with Gasteiger partial charge in [-0.3, -0.25) is 4.79 Å². The molecule has 0 saturated heterocycles. The zero-order chi connectivity index (χ0) is 11.9. The lowest BCUT2D eigenvalue weighted by molar-refractivity contribution is -0.130. The van der Waals surface area contributed by atoms with Crippen molar-refractivity contribution in [3.63, 3.8) is 0 Å². The maximum Gasteiger partial charge on any atom is 0.246 e. The fourth-order valence-electron chi connectivity index (χ4n) is 0.871. The molecule has 4 heteroatoms. The van der Waals surface area contributed by atoms with Crippen molar-refractivity contribution in [2.45, 2.75) is 39.7 Å². The third-order valence-corrected chi connectivity index (χ3v) is 2.13. The highest BCUT2D eigenvalue weighted by atomic mass is 16.5. The number of rotatable bonds is 7. The molecular formula is C11H24N2O2. The van der Waals surface area contributed by atoms with Gasteiger partial charge in [0.05, 0.1) is 5.60 Å². The molecule has 4 nitrogen and oxygen atoms in total. The van der Waals surface area contributed by atoms with E-state index in [9.17, 15) is 4.79 Å². The predicted molar refractivity (Wildman–Crippen MR) is 61.6 cm³/mol. The van der Waals surface area contributed by atoms with Crippen LogP contribution in [0.4, 0.5) is 0 Å². The lowest BCUT2D eigenvalue weighted by Gasteiger charge is -2.22. The summed E-state index contributed by atoms with van der Waals surface area (Å²) in [5.41, 5.74) is 5.05. The maximum absolute atomic E-state index is 11.3. The van der Waals surface area contributed by atoms with Gasteiger partial charge in [0.1, 0.15) is 6.61 Å². The first-order chi connectivity index (χ1) is 6.87. The molecule has 0 heterocycles. The van der Waals surface area contributed by atoms with E-state index in [1.54, 1.807) is 0 Å². The molecule has 0 aliphatic rings. The average molecular weight is 216 g/mol. The number of hydrogen-bond acceptors (Lipinski definition) is 3. The van der Waals surface area contributed by atoms with E-state index in [0.29, 0.717) is 19.0 Å². The van der Waals surface area contributed by atoms with Crippen LogP contribution in [0.3, 0.4) is 0 Å². The molecular weight excluding hydrogens is 192 g/mol. The normalized spacial score (nSPS) is 11.9. The average Bonchev–Trinajstić information content (AvgIpc) is 2.14. The van der Waals surface area contributed by atoms with Crippen LogP contribution < -0.4 is 11.1 Å². The second-order valence-electron chi connectivity index (χ2n) is 4.78. The molecule has 0 aliphatic carbocycles. The zero-order valence-electron chi connectivity index (χ0n) is 10.3. The van der Waals surface area contributed by atoms with E-state index in [0.717, 1.165) is 6.42 Å². The molecule has 0 aromatic heterocycles. The van der Waals surface area contributed by atoms with Gasteiger partial charge in [-0.25, -0.2) is 0 Å². The van der Waals surface area contributed by atoms with Crippen LogP contribution in [0.2, 0.25) is 0 Å². The molecule has 0 aromatic rings. The molecule has 0 spiro atoms. The number of hydrogen-bond donors (Lipinski definition) is 2. The first kappa shape index (κ1) is 14.4. The monoisotopic (exact) mass is 216 g/mol. The van der Waals surface area contributed by atoms with E-state index >= 15 is 0 Å². The summed E-state index contributed by atoms with van der Waals surface area (Å²) in [4.78, 5) is 11.3. The zero-order valence-corrected chi connectivity index (χ0v) is 10.3. The fourth-order valence-corrected chi connectivity index (χ4v) is 0.871. The van der Waals surface area contributed by atoms with E-state index in [-0.39, 0.29) is 12.5 Å². The van der Waals surface area contributed by atoms with Crippen LogP contribution >= 0.6 is 0 Å². The molecule has 1 amide bonds. The van der Waals surface area contributed by atoms with Crippen molar-refractivity contribution in [3.05, 3.63) is 0 Å². The molecule has 0 rings (SSSR count). The maximum atomic E-state index is 11.3. The van der Waals surface area contributed by atoms with E-state index in [4.69, 9.17) is 10.5 Å². The number of ether oxygens (including phenoxy) is 1. The highest BCUT2D eigenvalue weighted by molar-refractivity contribution is 5.77. The SMILES string of the molecule is CC(C)CCNC(=O)COC(C)(C)CN. The molecule has 90 valence electrons. The molecule has 0 unspecified atom stereocenters. The minimum Gasteiger partial charge on any atom is -0.364 e. The lowest BCUT2D eigenvalue weighted by Crippen LogP contribution is -2.38. The summed E-state index contributed by atoms with van der Waals surface area (Å²) in [5.74, 6) is 0.531. The molecule has 0 aromatic carbocycles. The second kappa shape index (κ2) is 6.80. The largest absolute Gasteiger partial charge is 0.364 e. The number of amides is 1. The highest BCUT2D eigenvalue weighted by Crippen LogP contribution is 2.05. The van der Waals surface area contributed by atoms with Gasteiger partial charge in [-0.2, -0.15) is 0 Å². The van der Waals surface area contributed by atoms with Crippen LogP contribution in [0.15, 0.2) is 0 Å². The molecule has 15 heavy (non-hydrogen) atoms. The summed E-state index contributed by atoms with van der Waals surface area (Å²) in [6.45, 7) is 9.20. The van der Waals surface area contributed by atoms with Crippen molar-refractivity contribution < 1.29 is 9.53 Å². The van der Waals surface area contributed by atoms with Gasteiger partial charge in [-0.15, -0.1) is 0 Å². The molecule has 0 radical (unpaired) electrons. The molecule has 0 aliphatic heterocycles. The molecule has 0 saturated carbocycles. The van der Waals surface area contributed by atoms with Crippen LogP contribution in [0.25, 0.3) is 0 Å². The van der Waals surface area contributed by atoms with Gasteiger partial charge in [0.15, 0.2) is 0 Å². The van der Waals surface area contributed by atoms with E-state index < -0.39 is 5.60 Å². The van der Waals surface area contributed by atoms with Crippen molar-refractivity contribution in [3.8, 4) is 0 Å². The molecule has 0 fully saturated rings. The third kappa shape index (κ3) is 8.39. The summed E-state index contributed by atoms with van der Waals surface area (Å²) in [6, 6.07) is 0. The van der Waals surface area contributed by atoms with E-state index in [1.807, 2.05) is 13.8 Å². The Hall–Kier alpha value is -0.610. The Morgan fingerprint density at radius 3 is 2.53 bits per heavy atom. The van der Waals surface area contributed by atoms with Gasteiger partial charge >= 0.3 is 0 Å². The number of carbonyl (C=O) groups is 1. The third-order valence-electron chi connectivity index (χ3n) is 2.13. The van der Waals surface area contributed by atoms with Gasteiger partial charge in [0, 0.05) is 13.1 Å². The minimum atomic E-state index is -0.421. The van der Waals surface area contributed by atoms with Crippen molar-refractivity contribution in [2.24, 2.45) is 11.7 Å². The number of nitrogens with one attached hydrogen (secondary N) is 1. The van der Waals surface area contributed by atoms with Gasteiger partial charge < -0.3 is 15.8 Å². The smallest absolute Gasteiger partial charge is 0.246 e.